The van der Waals surface area contributed by atoms with Crippen molar-refractivity contribution in [3.05, 3.63) is 31.5 Å². The van der Waals surface area contributed by atoms with Gasteiger partial charge in [-0.15, -0.1) is 0 Å². The fraction of sp³-hybridized carbons (Fsp3) is 0.125. The summed E-state index contributed by atoms with van der Waals surface area (Å²) in [4.78, 5) is 10.3. The van der Waals surface area contributed by atoms with Crippen molar-refractivity contribution in [2.45, 2.75) is 6.92 Å². The zero-order valence-electron chi connectivity index (χ0n) is 7.24. The highest BCUT2D eigenvalue weighted by atomic mass is 127. The van der Waals surface area contributed by atoms with Crippen LogP contribution in [0.3, 0.4) is 0 Å². The maximum atomic E-state index is 10.7. The summed E-state index contributed by atoms with van der Waals surface area (Å²) in [5.74, 6) is 0. The lowest BCUT2D eigenvalue weighted by molar-refractivity contribution is -0.385. The van der Waals surface area contributed by atoms with Gasteiger partial charge in [-0.25, -0.2) is 0 Å². The number of nitro groups is 1. The number of nitrogens with zero attached hydrogens (tertiary/aromatic N) is 2. The van der Waals surface area contributed by atoms with Crippen molar-refractivity contribution < 1.29 is 4.92 Å². The Morgan fingerprint density at radius 2 is 2.29 bits per heavy atom. The van der Waals surface area contributed by atoms with E-state index >= 15 is 0 Å². The molecular formula is C8H6IN3O2. The summed E-state index contributed by atoms with van der Waals surface area (Å²) in [5, 5.41) is 18.3. The molecule has 0 radical (unpaired) electrons. The van der Waals surface area contributed by atoms with Gasteiger partial charge < -0.3 is 0 Å². The van der Waals surface area contributed by atoms with Crippen LogP contribution < -0.4 is 0 Å². The van der Waals surface area contributed by atoms with Crippen LogP contribution in [0.15, 0.2) is 12.1 Å². The molecule has 14 heavy (non-hydrogen) atoms. The predicted octanol–water partition coefficient (Wildman–Crippen LogP) is 2.38. The van der Waals surface area contributed by atoms with Gasteiger partial charge in [0.05, 0.1) is 10.4 Å². The Morgan fingerprint density at radius 3 is 2.93 bits per heavy atom. The summed E-state index contributed by atoms with van der Waals surface area (Å²) in [6.45, 7) is 1.73. The minimum Gasteiger partial charge on any atom is -0.271 e. The molecule has 1 aromatic heterocycles. The molecule has 2 rings (SSSR count). The van der Waals surface area contributed by atoms with E-state index in [4.69, 9.17) is 0 Å². The molecule has 6 heteroatoms. The average Bonchev–Trinajstić information content (AvgIpc) is 2.48. The first-order valence-corrected chi connectivity index (χ1v) is 4.96. The van der Waals surface area contributed by atoms with E-state index in [0.29, 0.717) is 5.56 Å². The van der Waals surface area contributed by atoms with Crippen LogP contribution in [0.4, 0.5) is 5.69 Å². The van der Waals surface area contributed by atoms with Crippen LogP contribution in [-0.2, 0) is 0 Å². The molecule has 0 fully saturated rings. The molecule has 0 saturated carbocycles. The first-order chi connectivity index (χ1) is 6.61. The summed E-state index contributed by atoms with van der Waals surface area (Å²) in [7, 11) is 0. The topological polar surface area (TPSA) is 71.8 Å². The quantitative estimate of drug-likeness (QED) is 0.499. The first kappa shape index (κ1) is 9.38. The molecule has 0 amide bonds. The number of hydrogen-bond acceptors (Lipinski definition) is 3. The second-order valence-corrected chi connectivity index (χ2v) is 3.98. The lowest BCUT2D eigenvalue weighted by atomic mass is 10.1. The minimum absolute atomic E-state index is 0.136. The molecule has 1 aromatic carbocycles. The Bertz CT molecular complexity index is 521. The van der Waals surface area contributed by atoms with Gasteiger partial charge in [-0.3, -0.25) is 15.2 Å². The number of nitrogens with one attached hydrogen (secondary N) is 1. The van der Waals surface area contributed by atoms with Crippen molar-refractivity contribution in [2.24, 2.45) is 0 Å². The lowest BCUT2D eigenvalue weighted by Gasteiger charge is -1.97. The average molecular weight is 303 g/mol. The Morgan fingerprint density at radius 1 is 1.57 bits per heavy atom. The largest absolute Gasteiger partial charge is 0.273 e. The van der Waals surface area contributed by atoms with E-state index in [1.165, 1.54) is 6.07 Å². The molecule has 0 aliphatic heterocycles. The third kappa shape index (κ3) is 1.26. The number of halogens is 1. The van der Waals surface area contributed by atoms with E-state index in [0.717, 1.165) is 14.6 Å². The van der Waals surface area contributed by atoms with Crippen LogP contribution in [0.2, 0.25) is 0 Å². The van der Waals surface area contributed by atoms with Gasteiger partial charge in [-0.05, 0) is 35.6 Å². The number of H-pyrrole nitrogens is 1. The van der Waals surface area contributed by atoms with Gasteiger partial charge >= 0.3 is 0 Å². The molecular weight excluding hydrogens is 297 g/mol. The van der Waals surface area contributed by atoms with Gasteiger partial charge in [-0.2, -0.15) is 5.10 Å². The van der Waals surface area contributed by atoms with Gasteiger partial charge in [0.2, 0.25) is 0 Å². The predicted molar refractivity (Wildman–Crippen MR) is 60.2 cm³/mol. The fourth-order valence-electron chi connectivity index (χ4n) is 1.42. The monoisotopic (exact) mass is 303 g/mol. The molecule has 72 valence electrons. The highest BCUT2D eigenvalue weighted by Gasteiger charge is 2.16. The number of aromatic nitrogens is 2. The van der Waals surface area contributed by atoms with Crippen molar-refractivity contribution in [2.75, 3.05) is 0 Å². The Balaban J connectivity index is 2.86. The number of fused-ring (bicyclic) bond motifs is 1. The van der Waals surface area contributed by atoms with Gasteiger partial charge in [-0.1, -0.05) is 0 Å². The van der Waals surface area contributed by atoms with E-state index in [2.05, 4.69) is 32.8 Å². The highest BCUT2D eigenvalue weighted by Crippen LogP contribution is 2.28. The van der Waals surface area contributed by atoms with Gasteiger partial charge in [0.25, 0.3) is 5.69 Å². The summed E-state index contributed by atoms with van der Waals surface area (Å²) in [6, 6.07) is 3.13. The van der Waals surface area contributed by atoms with Crippen molar-refractivity contribution in [3.63, 3.8) is 0 Å². The van der Waals surface area contributed by atoms with E-state index in [1.54, 1.807) is 13.0 Å². The minimum atomic E-state index is -0.377. The number of aromatic amines is 1. The summed E-state index contributed by atoms with van der Waals surface area (Å²) < 4.78 is 0.832. The zero-order chi connectivity index (χ0) is 10.3. The van der Waals surface area contributed by atoms with Crippen LogP contribution in [-0.4, -0.2) is 15.1 Å². The molecule has 0 saturated heterocycles. The van der Waals surface area contributed by atoms with Crippen molar-refractivity contribution >= 4 is 39.2 Å². The fourth-order valence-corrected chi connectivity index (χ4v) is 2.22. The molecule has 5 nitrogen and oxygen atoms in total. The molecule has 1 heterocycles. The number of aryl methyl sites for hydroxylation is 1. The summed E-state index contributed by atoms with van der Waals surface area (Å²) in [6.07, 6.45) is 0. The SMILES string of the molecule is Cc1c([N+](=O)[O-])ccc2n[nH]c(I)c12. The van der Waals surface area contributed by atoms with E-state index in [-0.39, 0.29) is 10.6 Å². The third-order valence-electron chi connectivity index (χ3n) is 2.11. The molecule has 0 unspecified atom stereocenters. The second kappa shape index (κ2) is 3.19. The summed E-state index contributed by atoms with van der Waals surface area (Å²) in [5.41, 5.74) is 1.56. The standard InChI is InChI=1S/C8H6IN3O2/c1-4-6(12(13)14)3-2-5-7(4)8(9)11-10-5/h2-3H,1H3,(H,10,11). The van der Waals surface area contributed by atoms with Crippen molar-refractivity contribution in [3.8, 4) is 0 Å². The highest BCUT2D eigenvalue weighted by molar-refractivity contribution is 14.1. The normalized spacial score (nSPS) is 10.7. The number of rotatable bonds is 1. The molecule has 0 atom stereocenters. The molecule has 2 aromatic rings. The maximum Gasteiger partial charge on any atom is 0.273 e. The Hall–Kier alpha value is -1.18. The van der Waals surface area contributed by atoms with Gasteiger partial charge in [0.1, 0.15) is 3.70 Å². The van der Waals surface area contributed by atoms with Crippen molar-refractivity contribution in [1.29, 1.82) is 0 Å². The molecule has 0 bridgehead atoms. The summed E-state index contributed by atoms with van der Waals surface area (Å²) >= 11 is 2.08. The van der Waals surface area contributed by atoms with Gasteiger partial charge in [0, 0.05) is 17.0 Å². The number of hydrogen-bond donors (Lipinski definition) is 1. The molecule has 0 spiro atoms. The van der Waals surface area contributed by atoms with E-state index in [9.17, 15) is 10.1 Å². The Kier molecular flexibility index (Phi) is 2.14. The smallest absolute Gasteiger partial charge is 0.271 e. The number of nitro benzene ring substituents is 1. The zero-order valence-corrected chi connectivity index (χ0v) is 9.40. The number of benzene rings is 1. The van der Waals surface area contributed by atoms with E-state index < -0.39 is 0 Å². The Labute approximate surface area is 92.8 Å². The van der Waals surface area contributed by atoms with Gasteiger partial charge in [0.15, 0.2) is 0 Å². The molecule has 0 aliphatic rings. The van der Waals surface area contributed by atoms with Crippen LogP contribution in [0.1, 0.15) is 5.56 Å². The van der Waals surface area contributed by atoms with Crippen molar-refractivity contribution in [1.82, 2.24) is 10.2 Å². The van der Waals surface area contributed by atoms with Crippen LogP contribution in [0.5, 0.6) is 0 Å². The lowest BCUT2D eigenvalue weighted by Crippen LogP contribution is -1.91. The first-order valence-electron chi connectivity index (χ1n) is 3.89. The third-order valence-corrected chi connectivity index (χ3v) is 2.89. The van der Waals surface area contributed by atoms with Crippen LogP contribution >= 0.6 is 22.6 Å². The second-order valence-electron chi connectivity index (χ2n) is 2.90. The maximum absolute atomic E-state index is 10.7. The van der Waals surface area contributed by atoms with Crippen LogP contribution in [0, 0.1) is 20.7 Å². The molecule has 1 N–H and O–H groups in total. The van der Waals surface area contributed by atoms with E-state index in [1.807, 2.05) is 0 Å². The van der Waals surface area contributed by atoms with Crippen LogP contribution in [0.25, 0.3) is 10.9 Å². The molecule has 0 aliphatic carbocycles.